The first-order valence-corrected chi connectivity index (χ1v) is 12.0. The van der Waals surface area contributed by atoms with Gasteiger partial charge < -0.3 is 20.5 Å². The van der Waals surface area contributed by atoms with E-state index in [1.54, 1.807) is 6.92 Å². The predicted molar refractivity (Wildman–Crippen MR) is 126 cm³/mol. The summed E-state index contributed by atoms with van der Waals surface area (Å²) in [5.41, 5.74) is 3.89. The summed E-state index contributed by atoms with van der Waals surface area (Å²) in [6.07, 6.45) is 3.04. The first-order valence-electron chi connectivity index (χ1n) is 12.0. The molecule has 178 valence electrons. The summed E-state index contributed by atoms with van der Waals surface area (Å²) >= 11 is 0. The number of fused-ring (bicyclic) bond motifs is 3. The van der Waals surface area contributed by atoms with E-state index in [1.165, 1.54) is 11.1 Å². The first-order chi connectivity index (χ1) is 16.4. The fourth-order valence-electron chi connectivity index (χ4n) is 5.99. The van der Waals surface area contributed by atoms with Crippen molar-refractivity contribution in [2.75, 3.05) is 13.2 Å². The molecule has 34 heavy (non-hydrogen) atoms. The van der Waals surface area contributed by atoms with E-state index in [9.17, 15) is 14.4 Å². The van der Waals surface area contributed by atoms with E-state index in [4.69, 9.17) is 9.84 Å². The van der Waals surface area contributed by atoms with Crippen LogP contribution in [0.1, 0.15) is 56.1 Å². The SMILES string of the molecule is C[C@@H](CC(=O)O)NC(=O)C1(CNC(=O)OCC2c3ccccc3-c3ccccc32)CC12CCC2. The maximum Gasteiger partial charge on any atom is 0.407 e. The second kappa shape index (κ2) is 8.46. The Morgan fingerprint density at radius 1 is 1.06 bits per heavy atom. The van der Waals surface area contributed by atoms with Gasteiger partial charge in [0.25, 0.3) is 0 Å². The van der Waals surface area contributed by atoms with Crippen LogP contribution >= 0.6 is 0 Å². The van der Waals surface area contributed by atoms with E-state index in [2.05, 4.69) is 34.9 Å². The van der Waals surface area contributed by atoms with Gasteiger partial charge in [-0.2, -0.15) is 0 Å². The molecule has 1 unspecified atom stereocenters. The third kappa shape index (κ3) is 3.73. The lowest BCUT2D eigenvalue weighted by Gasteiger charge is -2.33. The maximum atomic E-state index is 13.1. The highest BCUT2D eigenvalue weighted by Gasteiger charge is 2.73. The lowest BCUT2D eigenvalue weighted by atomic mass is 9.74. The number of benzene rings is 2. The van der Waals surface area contributed by atoms with Crippen molar-refractivity contribution < 1.29 is 24.2 Å². The van der Waals surface area contributed by atoms with Crippen molar-refractivity contribution in [3.05, 3.63) is 59.7 Å². The summed E-state index contributed by atoms with van der Waals surface area (Å²) in [6, 6.07) is 15.9. The van der Waals surface area contributed by atoms with E-state index in [0.29, 0.717) is 0 Å². The number of alkyl carbamates (subject to hydrolysis) is 1. The molecule has 3 N–H and O–H groups in total. The van der Waals surface area contributed by atoms with Gasteiger partial charge in [0.1, 0.15) is 6.61 Å². The lowest BCUT2D eigenvalue weighted by molar-refractivity contribution is -0.137. The van der Waals surface area contributed by atoms with E-state index < -0.39 is 23.5 Å². The number of carboxylic acid groups (broad SMARTS) is 1. The topological polar surface area (TPSA) is 105 Å². The van der Waals surface area contributed by atoms with E-state index >= 15 is 0 Å². The Hall–Kier alpha value is -3.35. The van der Waals surface area contributed by atoms with Crippen molar-refractivity contribution in [3.63, 3.8) is 0 Å². The maximum absolute atomic E-state index is 13.1. The van der Waals surface area contributed by atoms with Crippen LogP contribution in [-0.4, -0.2) is 42.3 Å². The summed E-state index contributed by atoms with van der Waals surface area (Å²) in [6.45, 7) is 2.11. The number of amides is 2. The van der Waals surface area contributed by atoms with Crippen molar-refractivity contribution in [2.45, 2.75) is 51.0 Å². The molecule has 0 saturated heterocycles. The summed E-state index contributed by atoms with van der Waals surface area (Å²) < 4.78 is 5.64. The molecule has 7 heteroatoms. The van der Waals surface area contributed by atoms with Crippen molar-refractivity contribution in [2.24, 2.45) is 10.8 Å². The zero-order chi connectivity index (χ0) is 23.9. The van der Waals surface area contributed by atoms with Crippen LogP contribution in [0.5, 0.6) is 0 Å². The molecule has 0 heterocycles. The molecule has 3 aliphatic rings. The van der Waals surface area contributed by atoms with Crippen molar-refractivity contribution in [1.82, 2.24) is 10.6 Å². The van der Waals surface area contributed by atoms with Crippen molar-refractivity contribution in [3.8, 4) is 11.1 Å². The number of nitrogens with one attached hydrogen (secondary N) is 2. The number of hydrogen-bond donors (Lipinski definition) is 3. The molecule has 3 aliphatic carbocycles. The number of carbonyl (C=O) groups excluding carboxylic acids is 2. The van der Waals surface area contributed by atoms with Gasteiger partial charge in [-0.15, -0.1) is 0 Å². The Balaban J connectivity index is 1.21. The second-order valence-electron chi connectivity index (χ2n) is 10.0. The number of carbonyl (C=O) groups is 3. The molecule has 1 spiro atoms. The Morgan fingerprint density at radius 2 is 1.68 bits per heavy atom. The second-order valence-corrected chi connectivity index (χ2v) is 10.0. The minimum Gasteiger partial charge on any atom is -0.481 e. The number of ether oxygens (including phenoxy) is 1. The molecule has 7 nitrogen and oxygen atoms in total. The Morgan fingerprint density at radius 3 is 2.21 bits per heavy atom. The molecule has 2 fully saturated rings. The highest BCUT2D eigenvalue weighted by atomic mass is 16.5. The fraction of sp³-hybridized carbons (Fsp3) is 0.444. The van der Waals surface area contributed by atoms with Crippen LogP contribution in [0.3, 0.4) is 0 Å². The number of carboxylic acids is 1. The highest BCUT2D eigenvalue weighted by molar-refractivity contribution is 5.89. The zero-order valence-corrected chi connectivity index (χ0v) is 19.3. The molecule has 0 bridgehead atoms. The Bertz CT molecular complexity index is 1100. The summed E-state index contributed by atoms with van der Waals surface area (Å²) in [5, 5.41) is 14.7. The van der Waals surface area contributed by atoms with Gasteiger partial charge in [-0.3, -0.25) is 9.59 Å². The Labute approximate surface area is 198 Å². The molecular formula is C27H30N2O5. The molecular weight excluding hydrogens is 432 g/mol. The van der Waals surface area contributed by atoms with Gasteiger partial charge in [0.15, 0.2) is 0 Å². The fourth-order valence-corrected chi connectivity index (χ4v) is 5.99. The van der Waals surface area contributed by atoms with Gasteiger partial charge in [0.2, 0.25) is 5.91 Å². The van der Waals surface area contributed by atoms with E-state index in [0.717, 1.165) is 36.8 Å². The molecule has 2 amide bonds. The number of rotatable bonds is 8. The standard InChI is InChI=1S/C27H30N2O5/c1-17(13-23(30)31)29-24(32)27(15-26(27)11-6-12-26)16-28-25(33)34-14-22-20-9-4-2-7-18(20)19-8-3-5-10-21(19)22/h2-5,7-10,17,22H,6,11-16H2,1H3,(H,28,33)(H,29,32)(H,30,31)/t17-,27?/m0/s1. The van der Waals surface area contributed by atoms with Crippen molar-refractivity contribution >= 4 is 18.0 Å². The van der Waals surface area contributed by atoms with Gasteiger partial charge in [0.05, 0.1) is 11.8 Å². The summed E-state index contributed by atoms with van der Waals surface area (Å²) in [7, 11) is 0. The molecule has 0 aromatic heterocycles. The van der Waals surface area contributed by atoms with E-state index in [-0.39, 0.29) is 36.8 Å². The quantitative estimate of drug-likeness (QED) is 0.549. The zero-order valence-electron chi connectivity index (χ0n) is 19.3. The smallest absolute Gasteiger partial charge is 0.407 e. The van der Waals surface area contributed by atoms with Crippen LogP contribution in [0, 0.1) is 10.8 Å². The molecule has 2 atom stereocenters. The van der Waals surface area contributed by atoms with Gasteiger partial charge in [-0.1, -0.05) is 55.0 Å². The largest absolute Gasteiger partial charge is 0.481 e. The predicted octanol–water partition coefficient (Wildman–Crippen LogP) is 4.06. The molecule has 0 aliphatic heterocycles. The van der Waals surface area contributed by atoms with Crippen LogP contribution in [0.15, 0.2) is 48.5 Å². The van der Waals surface area contributed by atoms with Crippen molar-refractivity contribution in [1.29, 1.82) is 0 Å². The van der Waals surface area contributed by atoms with Crippen LogP contribution in [0.2, 0.25) is 0 Å². The van der Waals surface area contributed by atoms with Crippen LogP contribution in [-0.2, 0) is 14.3 Å². The molecule has 2 aromatic carbocycles. The van der Waals surface area contributed by atoms with Crippen LogP contribution < -0.4 is 10.6 Å². The third-order valence-corrected chi connectivity index (χ3v) is 8.01. The van der Waals surface area contributed by atoms with Gasteiger partial charge in [-0.25, -0.2) is 4.79 Å². The summed E-state index contributed by atoms with van der Waals surface area (Å²) in [4.78, 5) is 36.7. The van der Waals surface area contributed by atoms with Crippen LogP contribution in [0.4, 0.5) is 4.79 Å². The average molecular weight is 463 g/mol. The van der Waals surface area contributed by atoms with Gasteiger partial charge in [0, 0.05) is 18.5 Å². The minimum atomic E-state index is -0.951. The lowest BCUT2D eigenvalue weighted by Crippen LogP contribution is -2.47. The Kier molecular flexibility index (Phi) is 5.58. The van der Waals surface area contributed by atoms with Crippen LogP contribution in [0.25, 0.3) is 11.1 Å². The number of aliphatic carboxylic acids is 1. The number of hydrogen-bond acceptors (Lipinski definition) is 4. The molecule has 2 aromatic rings. The monoisotopic (exact) mass is 462 g/mol. The third-order valence-electron chi connectivity index (χ3n) is 8.01. The van der Waals surface area contributed by atoms with Gasteiger partial charge in [-0.05, 0) is 53.9 Å². The van der Waals surface area contributed by atoms with E-state index in [1.807, 2.05) is 24.3 Å². The molecule has 0 radical (unpaired) electrons. The van der Waals surface area contributed by atoms with Gasteiger partial charge >= 0.3 is 12.1 Å². The normalized spacial score (nSPS) is 22.1. The average Bonchev–Trinajstić information content (AvgIpc) is 3.40. The molecule has 5 rings (SSSR count). The highest BCUT2D eigenvalue weighted by Crippen LogP contribution is 2.73. The minimum absolute atomic E-state index is 0.0221. The molecule has 2 saturated carbocycles. The first kappa shape index (κ1) is 22.4. The summed E-state index contributed by atoms with van der Waals surface area (Å²) in [5.74, 6) is -1.14.